The predicted octanol–water partition coefficient (Wildman–Crippen LogP) is 4.45. The fraction of sp³-hybridized carbons (Fsp3) is 0.480. The number of aromatic amines is 1. The maximum absolute atomic E-state index is 12.5. The maximum atomic E-state index is 12.5. The molecule has 0 aromatic carbocycles. The third kappa shape index (κ3) is 7.68. The number of pyridine rings is 2. The van der Waals surface area contributed by atoms with Gasteiger partial charge in [-0.25, -0.2) is 4.98 Å². The molecule has 1 amide bonds. The normalized spacial score (nSPS) is 12.9. The second kappa shape index (κ2) is 11.5. The maximum Gasteiger partial charge on any atom is 0.405 e. The molecule has 0 fully saturated rings. The smallest absolute Gasteiger partial charge is 0.405 e. The molecule has 0 saturated carbocycles. The van der Waals surface area contributed by atoms with Gasteiger partial charge in [-0.2, -0.15) is 13.2 Å². The predicted molar refractivity (Wildman–Crippen MR) is 129 cm³/mol. The Morgan fingerprint density at radius 1 is 1.20 bits per heavy atom. The summed E-state index contributed by atoms with van der Waals surface area (Å²) in [6.07, 6.45) is 3.60. The van der Waals surface area contributed by atoms with E-state index in [9.17, 15) is 18.0 Å². The Bertz CT molecular complexity index is 1130. The highest BCUT2D eigenvalue weighted by Crippen LogP contribution is 2.31. The van der Waals surface area contributed by atoms with Gasteiger partial charge in [-0.1, -0.05) is 13.8 Å². The number of nitrogens with one attached hydrogen (secondary N) is 2. The van der Waals surface area contributed by atoms with E-state index in [-0.39, 0.29) is 12.3 Å². The summed E-state index contributed by atoms with van der Waals surface area (Å²) in [6.45, 7) is 3.81. The minimum atomic E-state index is -4.45. The van der Waals surface area contributed by atoms with Crippen LogP contribution in [0, 0.1) is 11.8 Å². The zero-order valence-electron chi connectivity index (χ0n) is 20.4. The van der Waals surface area contributed by atoms with Crippen LogP contribution in [0.5, 0.6) is 5.75 Å². The fourth-order valence-corrected chi connectivity index (χ4v) is 3.82. The molecule has 3 heterocycles. The van der Waals surface area contributed by atoms with Crippen LogP contribution in [0.15, 0.2) is 36.9 Å². The summed E-state index contributed by atoms with van der Waals surface area (Å²) >= 11 is 0. The highest BCUT2D eigenvalue weighted by Gasteiger charge is 2.30. The van der Waals surface area contributed by atoms with E-state index in [1.54, 1.807) is 18.6 Å². The molecule has 0 radical (unpaired) electrons. The van der Waals surface area contributed by atoms with Gasteiger partial charge in [0.15, 0.2) is 0 Å². The van der Waals surface area contributed by atoms with Gasteiger partial charge in [-0.05, 0) is 50.6 Å². The largest absolute Gasteiger partial charge is 0.492 e. The van der Waals surface area contributed by atoms with E-state index in [2.05, 4.69) is 19.9 Å². The van der Waals surface area contributed by atoms with Crippen molar-refractivity contribution in [1.82, 2.24) is 25.2 Å². The number of carbonyl (C=O) groups excluding carboxylic acids is 1. The average Bonchev–Trinajstić information content (AvgIpc) is 3.21. The molecule has 1 atom stereocenters. The van der Waals surface area contributed by atoms with Crippen LogP contribution in [-0.4, -0.2) is 65.7 Å². The second-order valence-corrected chi connectivity index (χ2v) is 9.24. The number of hydrogen-bond donors (Lipinski definition) is 2. The Morgan fingerprint density at radius 2 is 1.97 bits per heavy atom. The highest BCUT2D eigenvalue weighted by molar-refractivity contribution is 5.94. The summed E-state index contributed by atoms with van der Waals surface area (Å²) in [5.74, 6) is -0.699. The highest BCUT2D eigenvalue weighted by atomic mass is 19.4. The van der Waals surface area contributed by atoms with Crippen LogP contribution in [0.2, 0.25) is 0 Å². The van der Waals surface area contributed by atoms with E-state index >= 15 is 0 Å². The molecule has 35 heavy (non-hydrogen) atoms. The SMILES string of the molecule is CC(C)C(Cc1cncc(-c2c[nH]c3ncc(OCCCN(C)C)cc23)c1)C(=O)NCC(F)(F)F. The van der Waals surface area contributed by atoms with Gasteiger partial charge in [0.1, 0.15) is 17.9 Å². The molecule has 3 rings (SSSR count). The third-order valence-corrected chi connectivity index (χ3v) is 5.69. The van der Waals surface area contributed by atoms with E-state index < -0.39 is 24.5 Å². The molecule has 190 valence electrons. The average molecular weight is 492 g/mol. The van der Waals surface area contributed by atoms with Crippen LogP contribution in [0.1, 0.15) is 25.8 Å². The van der Waals surface area contributed by atoms with Crippen molar-refractivity contribution in [3.8, 4) is 16.9 Å². The van der Waals surface area contributed by atoms with Crippen molar-refractivity contribution < 1.29 is 22.7 Å². The number of alkyl halides is 3. The summed E-state index contributed by atoms with van der Waals surface area (Å²) in [7, 11) is 4.03. The van der Waals surface area contributed by atoms with Crippen LogP contribution in [0.3, 0.4) is 0 Å². The molecule has 7 nitrogen and oxygen atoms in total. The lowest BCUT2D eigenvalue weighted by atomic mass is 9.88. The number of carbonyl (C=O) groups is 1. The Labute approximate surface area is 203 Å². The van der Waals surface area contributed by atoms with Crippen LogP contribution in [0.25, 0.3) is 22.2 Å². The first-order chi connectivity index (χ1) is 16.5. The first-order valence-electron chi connectivity index (χ1n) is 11.6. The van der Waals surface area contributed by atoms with Crippen LogP contribution in [0.4, 0.5) is 13.2 Å². The van der Waals surface area contributed by atoms with Crippen molar-refractivity contribution in [2.75, 3.05) is 33.8 Å². The van der Waals surface area contributed by atoms with Gasteiger partial charge in [0.05, 0.1) is 12.8 Å². The molecule has 0 aliphatic rings. The first-order valence-corrected chi connectivity index (χ1v) is 11.6. The van der Waals surface area contributed by atoms with Crippen molar-refractivity contribution >= 4 is 16.9 Å². The van der Waals surface area contributed by atoms with E-state index in [0.717, 1.165) is 35.0 Å². The third-order valence-electron chi connectivity index (χ3n) is 5.69. The molecule has 0 aliphatic heterocycles. The molecule has 1 unspecified atom stereocenters. The van der Waals surface area contributed by atoms with Crippen LogP contribution >= 0.6 is 0 Å². The van der Waals surface area contributed by atoms with E-state index in [4.69, 9.17) is 4.74 Å². The minimum Gasteiger partial charge on any atom is -0.492 e. The lowest BCUT2D eigenvalue weighted by Crippen LogP contribution is -2.40. The zero-order valence-corrected chi connectivity index (χ0v) is 20.4. The lowest BCUT2D eigenvalue weighted by molar-refractivity contribution is -0.141. The molecule has 0 spiro atoms. The van der Waals surface area contributed by atoms with Crippen molar-refractivity contribution in [3.05, 3.63) is 42.5 Å². The number of fused-ring (bicyclic) bond motifs is 1. The number of rotatable bonds is 11. The Morgan fingerprint density at radius 3 is 2.66 bits per heavy atom. The number of nitrogens with zero attached hydrogens (tertiary/aromatic N) is 3. The fourth-order valence-electron chi connectivity index (χ4n) is 3.82. The summed E-state index contributed by atoms with van der Waals surface area (Å²) in [5.41, 5.74) is 3.17. The summed E-state index contributed by atoms with van der Waals surface area (Å²) < 4.78 is 43.5. The van der Waals surface area contributed by atoms with Gasteiger partial charge in [0.25, 0.3) is 0 Å². The molecule has 3 aromatic rings. The van der Waals surface area contributed by atoms with E-state index in [0.29, 0.717) is 18.0 Å². The molecule has 3 aromatic heterocycles. The molecule has 2 N–H and O–H groups in total. The Kier molecular flexibility index (Phi) is 8.71. The number of amides is 1. The molecule has 0 bridgehead atoms. The van der Waals surface area contributed by atoms with Crippen LogP contribution < -0.4 is 10.1 Å². The van der Waals surface area contributed by atoms with Gasteiger partial charge in [-0.3, -0.25) is 9.78 Å². The molecule has 0 saturated heterocycles. The monoisotopic (exact) mass is 491 g/mol. The molecule has 0 aliphatic carbocycles. The van der Waals surface area contributed by atoms with Gasteiger partial charge >= 0.3 is 6.18 Å². The number of halogens is 3. The standard InChI is InChI=1S/C25H32F3N5O2/c1-16(2)20(24(34)32-15-25(26,27)28)9-17-8-18(12-29-11-17)22-14-31-23-21(22)10-19(13-30-23)35-7-5-6-33(3)4/h8,10-14,16,20H,5-7,9,15H2,1-4H3,(H,30,31)(H,32,34). The number of H-pyrrole nitrogens is 1. The molecular formula is C25H32F3N5O2. The van der Waals surface area contributed by atoms with Crippen molar-refractivity contribution in [2.45, 2.75) is 32.9 Å². The van der Waals surface area contributed by atoms with E-state index in [1.165, 1.54) is 0 Å². The second-order valence-electron chi connectivity index (χ2n) is 9.24. The molecule has 10 heteroatoms. The van der Waals surface area contributed by atoms with Gasteiger partial charge in [0.2, 0.25) is 5.91 Å². The summed E-state index contributed by atoms with van der Waals surface area (Å²) in [4.78, 5) is 26.5. The quantitative estimate of drug-likeness (QED) is 0.387. The van der Waals surface area contributed by atoms with Crippen molar-refractivity contribution in [3.63, 3.8) is 0 Å². The van der Waals surface area contributed by atoms with Crippen molar-refractivity contribution in [2.24, 2.45) is 11.8 Å². The van der Waals surface area contributed by atoms with E-state index in [1.807, 2.05) is 51.6 Å². The summed E-state index contributed by atoms with van der Waals surface area (Å²) in [6, 6.07) is 3.84. The zero-order chi connectivity index (χ0) is 25.6. The topological polar surface area (TPSA) is 83.1 Å². The first kappa shape index (κ1) is 26.5. The minimum absolute atomic E-state index is 0.142. The molecular weight excluding hydrogens is 459 g/mol. The van der Waals surface area contributed by atoms with Crippen molar-refractivity contribution in [1.29, 1.82) is 0 Å². The van der Waals surface area contributed by atoms with Gasteiger partial charge in [0, 0.05) is 47.6 Å². The van der Waals surface area contributed by atoms with Gasteiger partial charge < -0.3 is 19.9 Å². The van der Waals surface area contributed by atoms with Crippen LogP contribution in [-0.2, 0) is 11.2 Å². The number of hydrogen-bond acceptors (Lipinski definition) is 5. The van der Waals surface area contributed by atoms with Gasteiger partial charge in [-0.15, -0.1) is 0 Å². The Balaban J connectivity index is 1.77. The number of ether oxygens (including phenoxy) is 1. The number of aromatic nitrogens is 3. The summed E-state index contributed by atoms with van der Waals surface area (Å²) in [5, 5.41) is 2.88. The Hall–Kier alpha value is -3.14. The lowest BCUT2D eigenvalue weighted by Gasteiger charge is -2.21.